The highest BCUT2D eigenvalue weighted by atomic mass is 35.5. The van der Waals surface area contributed by atoms with Crippen molar-refractivity contribution in [1.29, 1.82) is 0 Å². The van der Waals surface area contributed by atoms with Gasteiger partial charge in [0.15, 0.2) is 0 Å². The van der Waals surface area contributed by atoms with Gasteiger partial charge in [-0.3, -0.25) is 10.1 Å². The molecule has 1 amide bonds. The standard InChI is InChI=1S/C19H23ClN4O3/c1-10-8-12(22-19(26)27)4-7-14(10)16-17(20)24-18(23-16)15(21)9-11-2-5-13(25)6-3-11/h4,7-8,11,15,22H,2-3,5-6,9,21H2,1H3,(H,23,24)(H,26,27). The van der Waals surface area contributed by atoms with Crippen molar-refractivity contribution in [1.82, 2.24) is 9.97 Å². The minimum absolute atomic E-state index is 0.275. The van der Waals surface area contributed by atoms with E-state index in [9.17, 15) is 9.59 Å². The van der Waals surface area contributed by atoms with Gasteiger partial charge < -0.3 is 15.8 Å². The molecule has 1 aliphatic rings. The molecule has 7 nitrogen and oxygen atoms in total. The third-order valence-corrected chi connectivity index (χ3v) is 5.29. The molecule has 3 rings (SSSR count). The van der Waals surface area contributed by atoms with E-state index in [1.54, 1.807) is 18.2 Å². The molecule has 1 aliphatic carbocycles. The first-order valence-electron chi connectivity index (χ1n) is 8.97. The average molecular weight is 391 g/mol. The van der Waals surface area contributed by atoms with Gasteiger partial charge in [-0.2, -0.15) is 0 Å². The lowest BCUT2D eigenvalue weighted by atomic mass is 9.84. The number of amides is 1. The van der Waals surface area contributed by atoms with Crippen molar-refractivity contribution >= 4 is 29.2 Å². The van der Waals surface area contributed by atoms with Crippen LogP contribution in [-0.4, -0.2) is 27.0 Å². The number of ketones is 1. The van der Waals surface area contributed by atoms with E-state index in [1.165, 1.54) is 0 Å². The third kappa shape index (κ3) is 4.67. The Balaban J connectivity index is 1.76. The number of imidazole rings is 1. The molecule has 8 heteroatoms. The van der Waals surface area contributed by atoms with Crippen LogP contribution in [0.5, 0.6) is 0 Å². The van der Waals surface area contributed by atoms with Gasteiger partial charge in [0.1, 0.15) is 22.5 Å². The first-order valence-corrected chi connectivity index (χ1v) is 9.35. The molecule has 1 aromatic carbocycles. The second-order valence-corrected chi connectivity index (χ2v) is 7.45. The molecule has 1 fully saturated rings. The Bertz CT molecular complexity index is 855. The summed E-state index contributed by atoms with van der Waals surface area (Å²) < 4.78 is 0. The SMILES string of the molecule is Cc1cc(NC(=O)O)ccc1-c1nc(C(N)CC2CCC(=O)CC2)[nH]c1Cl. The number of carbonyl (C=O) groups excluding carboxylic acids is 1. The predicted molar refractivity (Wildman–Crippen MR) is 104 cm³/mol. The fourth-order valence-electron chi connectivity index (χ4n) is 3.56. The third-order valence-electron chi connectivity index (χ3n) is 5.01. The Morgan fingerprint density at radius 2 is 2.15 bits per heavy atom. The number of anilines is 1. The van der Waals surface area contributed by atoms with Gasteiger partial charge in [-0.1, -0.05) is 17.7 Å². The number of aryl methyl sites for hydroxylation is 1. The van der Waals surface area contributed by atoms with Crippen LogP contribution in [-0.2, 0) is 4.79 Å². The smallest absolute Gasteiger partial charge is 0.409 e. The minimum atomic E-state index is -1.11. The molecule has 0 radical (unpaired) electrons. The van der Waals surface area contributed by atoms with E-state index >= 15 is 0 Å². The van der Waals surface area contributed by atoms with E-state index in [1.807, 2.05) is 6.92 Å². The number of carbonyl (C=O) groups is 2. The van der Waals surface area contributed by atoms with Gasteiger partial charge in [0.25, 0.3) is 0 Å². The second kappa shape index (κ2) is 8.10. The number of rotatable bonds is 5. The van der Waals surface area contributed by atoms with E-state index < -0.39 is 6.09 Å². The quantitative estimate of drug-likeness (QED) is 0.607. The van der Waals surface area contributed by atoms with E-state index in [-0.39, 0.29) is 6.04 Å². The van der Waals surface area contributed by atoms with Gasteiger partial charge in [-0.15, -0.1) is 0 Å². The lowest BCUT2D eigenvalue weighted by molar-refractivity contribution is -0.121. The summed E-state index contributed by atoms with van der Waals surface area (Å²) in [6.07, 6.45) is 2.68. The predicted octanol–water partition coefficient (Wildman–Crippen LogP) is 4.28. The summed E-state index contributed by atoms with van der Waals surface area (Å²) in [5.41, 5.74) is 9.07. The molecular formula is C19H23ClN4O3. The Morgan fingerprint density at radius 1 is 1.44 bits per heavy atom. The fourth-order valence-corrected chi connectivity index (χ4v) is 3.80. The minimum Gasteiger partial charge on any atom is -0.465 e. The summed E-state index contributed by atoms with van der Waals surface area (Å²) in [6.45, 7) is 1.87. The van der Waals surface area contributed by atoms with Crippen LogP contribution in [0.25, 0.3) is 11.3 Å². The largest absolute Gasteiger partial charge is 0.465 e. The van der Waals surface area contributed by atoms with Gasteiger partial charge in [0.2, 0.25) is 0 Å². The second-order valence-electron chi connectivity index (χ2n) is 7.07. The van der Waals surface area contributed by atoms with Crippen molar-refractivity contribution in [3.63, 3.8) is 0 Å². The number of nitrogens with two attached hydrogens (primary N) is 1. The molecule has 0 bridgehead atoms. The van der Waals surface area contributed by atoms with E-state index in [0.717, 1.165) is 30.4 Å². The van der Waals surface area contributed by atoms with Crippen molar-refractivity contribution in [2.45, 2.75) is 45.1 Å². The molecular weight excluding hydrogens is 368 g/mol. The van der Waals surface area contributed by atoms with Crippen LogP contribution in [0.2, 0.25) is 5.15 Å². The Labute approximate surface area is 162 Å². The molecule has 1 atom stereocenters. The van der Waals surface area contributed by atoms with Crippen molar-refractivity contribution < 1.29 is 14.7 Å². The van der Waals surface area contributed by atoms with Crippen LogP contribution in [0.1, 0.15) is 49.5 Å². The molecule has 1 heterocycles. The van der Waals surface area contributed by atoms with Gasteiger partial charge in [-0.25, -0.2) is 9.78 Å². The number of H-pyrrole nitrogens is 1. The van der Waals surface area contributed by atoms with Crippen molar-refractivity contribution in [3.05, 3.63) is 34.7 Å². The number of aromatic nitrogens is 2. The van der Waals surface area contributed by atoms with Crippen LogP contribution >= 0.6 is 11.6 Å². The van der Waals surface area contributed by atoms with Crippen LogP contribution in [0, 0.1) is 12.8 Å². The maximum Gasteiger partial charge on any atom is 0.409 e. The van der Waals surface area contributed by atoms with Crippen LogP contribution in [0.3, 0.4) is 0 Å². The van der Waals surface area contributed by atoms with Gasteiger partial charge in [-0.05, 0) is 49.8 Å². The molecule has 1 unspecified atom stereocenters. The van der Waals surface area contributed by atoms with Gasteiger partial charge in [0.05, 0.1) is 6.04 Å². The fraction of sp³-hybridized carbons (Fsp3) is 0.421. The molecule has 2 aromatic rings. The summed E-state index contributed by atoms with van der Waals surface area (Å²) in [4.78, 5) is 29.8. The Kier molecular flexibility index (Phi) is 5.82. The molecule has 144 valence electrons. The van der Waals surface area contributed by atoms with Crippen LogP contribution in [0.4, 0.5) is 10.5 Å². The lowest BCUT2D eigenvalue weighted by Crippen LogP contribution is -2.21. The number of halogens is 1. The number of aromatic amines is 1. The van der Waals surface area contributed by atoms with Gasteiger partial charge >= 0.3 is 6.09 Å². The number of carboxylic acid groups (broad SMARTS) is 1. The number of hydrogen-bond acceptors (Lipinski definition) is 4. The number of benzene rings is 1. The first-order chi connectivity index (χ1) is 12.8. The highest BCUT2D eigenvalue weighted by Crippen LogP contribution is 2.33. The normalized spacial score (nSPS) is 16.3. The van der Waals surface area contributed by atoms with E-state index in [2.05, 4.69) is 15.3 Å². The lowest BCUT2D eigenvalue weighted by Gasteiger charge is -2.23. The van der Waals surface area contributed by atoms with E-state index in [0.29, 0.717) is 46.9 Å². The van der Waals surface area contributed by atoms with E-state index in [4.69, 9.17) is 22.4 Å². The zero-order valence-electron chi connectivity index (χ0n) is 15.1. The Morgan fingerprint density at radius 3 is 2.78 bits per heavy atom. The van der Waals surface area contributed by atoms with Crippen molar-refractivity contribution in [2.75, 3.05) is 5.32 Å². The maximum atomic E-state index is 11.4. The summed E-state index contributed by atoms with van der Waals surface area (Å²) in [5, 5.41) is 11.5. The number of nitrogens with zero attached hydrogens (tertiary/aromatic N) is 1. The monoisotopic (exact) mass is 390 g/mol. The summed E-state index contributed by atoms with van der Waals surface area (Å²) >= 11 is 6.35. The van der Waals surface area contributed by atoms with Crippen molar-refractivity contribution in [3.8, 4) is 11.3 Å². The summed E-state index contributed by atoms with van der Waals surface area (Å²) in [5.74, 6) is 1.38. The zero-order chi connectivity index (χ0) is 19.6. The maximum absolute atomic E-state index is 11.4. The molecule has 5 N–H and O–H groups in total. The molecule has 1 saturated carbocycles. The molecule has 1 aromatic heterocycles. The number of nitrogens with one attached hydrogen (secondary N) is 2. The molecule has 0 aliphatic heterocycles. The molecule has 0 spiro atoms. The highest BCUT2D eigenvalue weighted by molar-refractivity contribution is 6.32. The first kappa shape index (κ1) is 19.4. The van der Waals surface area contributed by atoms with Crippen LogP contribution in [0.15, 0.2) is 18.2 Å². The van der Waals surface area contributed by atoms with Crippen molar-refractivity contribution in [2.24, 2.45) is 11.7 Å². The topological polar surface area (TPSA) is 121 Å². The molecule has 0 saturated heterocycles. The number of hydrogen-bond donors (Lipinski definition) is 4. The number of Topliss-reactive ketones (excluding diaryl/α,β-unsaturated/α-hetero) is 1. The summed E-state index contributed by atoms with van der Waals surface area (Å²) in [7, 11) is 0. The molecule has 27 heavy (non-hydrogen) atoms. The van der Waals surface area contributed by atoms with Gasteiger partial charge in [0, 0.05) is 24.1 Å². The summed E-state index contributed by atoms with van der Waals surface area (Å²) in [6, 6.07) is 4.90. The highest BCUT2D eigenvalue weighted by Gasteiger charge is 2.24. The Hall–Kier alpha value is -2.38. The zero-order valence-corrected chi connectivity index (χ0v) is 15.8. The van der Waals surface area contributed by atoms with Crippen LogP contribution < -0.4 is 11.1 Å². The average Bonchev–Trinajstić information content (AvgIpc) is 2.98.